The fraction of sp³-hybridized carbons (Fsp3) is 0.447. The van der Waals surface area contributed by atoms with Crippen molar-refractivity contribution in [3.8, 4) is 17.1 Å². The van der Waals surface area contributed by atoms with E-state index in [2.05, 4.69) is 28.3 Å². The Hall–Kier alpha value is -4.60. The number of hydrogen-bond donors (Lipinski definition) is 2. The number of ether oxygens (including phenoxy) is 1. The van der Waals surface area contributed by atoms with Crippen LogP contribution < -0.4 is 10.1 Å². The van der Waals surface area contributed by atoms with Crippen molar-refractivity contribution in [1.29, 1.82) is 0 Å². The van der Waals surface area contributed by atoms with Crippen LogP contribution in [0.2, 0.25) is 0 Å². The zero-order chi connectivity index (χ0) is 34.0. The molecule has 2 amide bonds. The molecule has 254 valence electrons. The molecule has 3 aromatic rings. The van der Waals surface area contributed by atoms with Crippen LogP contribution in [0.3, 0.4) is 0 Å². The zero-order valence-corrected chi connectivity index (χ0v) is 27.8. The number of carbonyl (C=O) groups is 3. The largest absolute Gasteiger partial charge is 0.494 e. The van der Waals surface area contributed by atoms with E-state index < -0.39 is 30.1 Å². The average Bonchev–Trinajstić information content (AvgIpc) is 3.11. The van der Waals surface area contributed by atoms with Crippen LogP contribution >= 0.6 is 0 Å². The summed E-state index contributed by atoms with van der Waals surface area (Å²) in [5.74, 6) is 0.435. The van der Waals surface area contributed by atoms with Gasteiger partial charge in [0.2, 0.25) is 11.8 Å². The maximum atomic E-state index is 14.0. The number of carboxylic acids is 1. The Morgan fingerprint density at radius 3 is 2.27 bits per heavy atom. The molecule has 0 spiro atoms. The van der Waals surface area contributed by atoms with Crippen LogP contribution in [0.4, 0.5) is 4.39 Å². The minimum atomic E-state index is -1.17. The Morgan fingerprint density at radius 2 is 1.67 bits per heavy atom. The topological polar surface area (TPSA) is 122 Å². The van der Waals surface area contributed by atoms with Gasteiger partial charge in [-0.3, -0.25) is 14.4 Å². The molecule has 1 heterocycles. The van der Waals surface area contributed by atoms with Crippen molar-refractivity contribution in [2.24, 2.45) is 17.8 Å². The number of aliphatic carboxylic acids is 1. The average molecular weight is 657 g/mol. The van der Waals surface area contributed by atoms with Crippen molar-refractivity contribution in [3.63, 3.8) is 0 Å². The first-order chi connectivity index (χ1) is 23.2. The molecular formula is C38H45FN4O5. The number of allylic oxidation sites excluding steroid dienone is 2. The molecule has 2 aliphatic rings. The molecule has 1 fully saturated rings. The van der Waals surface area contributed by atoms with E-state index in [0.29, 0.717) is 11.4 Å². The predicted molar refractivity (Wildman–Crippen MR) is 181 cm³/mol. The van der Waals surface area contributed by atoms with E-state index in [-0.39, 0.29) is 25.3 Å². The molecule has 2 N–H and O–H groups in total. The lowest BCUT2D eigenvalue weighted by atomic mass is 9.71. The number of benzene rings is 2. The fourth-order valence-corrected chi connectivity index (χ4v) is 6.98. The van der Waals surface area contributed by atoms with Crippen molar-refractivity contribution in [2.75, 3.05) is 20.2 Å². The molecule has 2 aliphatic carbocycles. The number of aromatic nitrogens is 2. The number of amides is 2. The molecule has 0 radical (unpaired) electrons. The Labute approximate surface area is 281 Å². The van der Waals surface area contributed by atoms with E-state index in [1.165, 1.54) is 63.3 Å². The minimum Gasteiger partial charge on any atom is -0.494 e. The molecule has 1 atom stereocenters. The lowest BCUT2D eigenvalue weighted by molar-refractivity contribution is -0.144. The Kier molecular flexibility index (Phi) is 11.9. The first kappa shape index (κ1) is 34.7. The number of nitrogens with one attached hydrogen (secondary N) is 1. The number of rotatable bonds is 13. The number of hydrogen-bond acceptors (Lipinski definition) is 6. The number of methoxy groups -OCH3 is 1. The molecule has 1 unspecified atom stereocenters. The van der Waals surface area contributed by atoms with Gasteiger partial charge in [0.05, 0.1) is 20.1 Å². The van der Waals surface area contributed by atoms with Gasteiger partial charge in [0.1, 0.15) is 6.54 Å². The molecule has 0 saturated heterocycles. The summed E-state index contributed by atoms with van der Waals surface area (Å²) in [4.78, 5) is 47.2. The summed E-state index contributed by atoms with van der Waals surface area (Å²) in [6.07, 6.45) is 16.3. The standard InChI is InChI=1S/C38H45FN4O5/c1-3-25-4-9-28(10-5-25)29-13-15-30(16-14-29)32-20-41-38(42-21-32)31-11-6-26(7-12-31)23-43(24-37(46)47)36(45)22-40-35(44)19-27-8-17-34(48-2)33(39)18-27/h6-8,11-12,15,17-18,20-21,25,28-29H,3-5,9-10,13-14,16,19,22-24H2,1-2H3,(H,40,44)(H,46,47). The Bertz CT molecular complexity index is 1600. The maximum absolute atomic E-state index is 14.0. The monoisotopic (exact) mass is 656 g/mol. The molecule has 1 saturated carbocycles. The van der Waals surface area contributed by atoms with E-state index in [4.69, 9.17) is 4.74 Å². The maximum Gasteiger partial charge on any atom is 0.323 e. The molecule has 0 aliphatic heterocycles. The van der Waals surface area contributed by atoms with Crippen LogP contribution in [0.5, 0.6) is 5.75 Å². The molecule has 9 nitrogen and oxygen atoms in total. The third-order valence-electron chi connectivity index (χ3n) is 9.89. The van der Waals surface area contributed by atoms with Gasteiger partial charge in [-0.25, -0.2) is 14.4 Å². The predicted octanol–water partition coefficient (Wildman–Crippen LogP) is 6.46. The molecule has 48 heavy (non-hydrogen) atoms. The first-order valence-electron chi connectivity index (χ1n) is 16.9. The normalized spacial score (nSPS) is 19.2. The number of carbonyl (C=O) groups excluding carboxylic acids is 2. The highest BCUT2D eigenvalue weighted by molar-refractivity contribution is 5.87. The van der Waals surface area contributed by atoms with Gasteiger partial charge in [0.15, 0.2) is 17.4 Å². The lowest BCUT2D eigenvalue weighted by Gasteiger charge is -2.35. The van der Waals surface area contributed by atoms with Crippen LogP contribution in [-0.4, -0.2) is 58.0 Å². The number of nitrogens with zero attached hydrogens (tertiary/aromatic N) is 3. The van der Waals surface area contributed by atoms with Crippen molar-refractivity contribution in [2.45, 2.75) is 71.3 Å². The van der Waals surface area contributed by atoms with E-state index in [9.17, 15) is 23.9 Å². The van der Waals surface area contributed by atoms with Gasteiger partial charge in [-0.2, -0.15) is 0 Å². The summed E-state index contributed by atoms with van der Waals surface area (Å²) in [7, 11) is 1.35. The number of carboxylic acid groups (broad SMARTS) is 1. The molecule has 5 rings (SSSR count). The fourth-order valence-electron chi connectivity index (χ4n) is 6.98. The SMILES string of the molecule is CCC1CCC(C2CC=C(c3cnc(-c4ccc(CN(CC(=O)O)C(=O)CNC(=O)Cc5ccc(OC)c(F)c5)cc4)nc3)CC2)CC1. The van der Waals surface area contributed by atoms with Gasteiger partial charge in [0.25, 0.3) is 0 Å². The van der Waals surface area contributed by atoms with Gasteiger partial charge in [-0.1, -0.05) is 62.6 Å². The summed E-state index contributed by atoms with van der Waals surface area (Å²) in [6, 6.07) is 11.5. The second-order valence-electron chi connectivity index (χ2n) is 13.0. The van der Waals surface area contributed by atoms with E-state index in [1.54, 1.807) is 6.07 Å². The van der Waals surface area contributed by atoms with E-state index >= 15 is 0 Å². The molecule has 1 aromatic heterocycles. The van der Waals surface area contributed by atoms with Crippen molar-refractivity contribution < 1.29 is 28.6 Å². The Morgan fingerprint density at radius 1 is 0.958 bits per heavy atom. The van der Waals surface area contributed by atoms with Crippen LogP contribution in [0.15, 0.2) is 60.9 Å². The number of halogens is 1. The molecule has 2 aromatic carbocycles. The molecule has 10 heteroatoms. The third-order valence-corrected chi connectivity index (χ3v) is 9.89. The zero-order valence-electron chi connectivity index (χ0n) is 27.8. The van der Waals surface area contributed by atoms with Gasteiger partial charge < -0.3 is 20.1 Å². The quantitative estimate of drug-likeness (QED) is 0.217. The highest BCUT2D eigenvalue weighted by Gasteiger charge is 2.28. The molecular weight excluding hydrogens is 611 g/mol. The second-order valence-corrected chi connectivity index (χ2v) is 13.0. The minimum absolute atomic E-state index is 0.0416. The van der Waals surface area contributed by atoms with Gasteiger partial charge in [-0.15, -0.1) is 0 Å². The summed E-state index contributed by atoms with van der Waals surface area (Å²) < 4.78 is 18.8. The molecule has 0 bridgehead atoms. The van der Waals surface area contributed by atoms with Gasteiger partial charge >= 0.3 is 5.97 Å². The summed E-state index contributed by atoms with van der Waals surface area (Å²) in [5.41, 5.74) is 4.33. The van der Waals surface area contributed by atoms with Crippen LogP contribution in [0.1, 0.15) is 75.0 Å². The van der Waals surface area contributed by atoms with E-state index in [1.807, 2.05) is 36.7 Å². The Balaban J connectivity index is 1.13. The highest BCUT2D eigenvalue weighted by Crippen LogP contribution is 2.41. The lowest BCUT2D eigenvalue weighted by Crippen LogP contribution is -2.42. The van der Waals surface area contributed by atoms with Crippen LogP contribution in [0.25, 0.3) is 17.0 Å². The van der Waals surface area contributed by atoms with Crippen LogP contribution in [0, 0.1) is 23.6 Å². The second kappa shape index (κ2) is 16.5. The van der Waals surface area contributed by atoms with Crippen molar-refractivity contribution in [1.82, 2.24) is 20.2 Å². The van der Waals surface area contributed by atoms with Gasteiger partial charge in [0, 0.05) is 30.1 Å². The summed E-state index contributed by atoms with van der Waals surface area (Å²) >= 11 is 0. The highest BCUT2D eigenvalue weighted by atomic mass is 19.1. The van der Waals surface area contributed by atoms with Gasteiger partial charge in [-0.05, 0) is 78.7 Å². The third kappa shape index (κ3) is 9.27. The first-order valence-corrected chi connectivity index (χ1v) is 16.9. The van der Waals surface area contributed by atoms with E-state index in [0.717, 1.165) is 52.2 Å². The van der Waals surface area contributed by atoms with Crippen LogP contribution in [-0.2, 0) is 27.3 Å². The van der Waals surface area contributed by atoms with Crippen molar-refractivity contribution >= 4 is 23.4 Å². The van der Waals surface area contributed by atoms with Crippen molar-refractivity contribution in [3.05, 3.63) is 83.4 Å². The smallest absolute Gasteiger partial charge is 0.323 e. The summed E-state index contributed by atoms with van der Waals surface area (Å²) in [5, 5.41) is 11.9. The summed E-state index contributed by atoms with van der Waals surface area (Å²) in [6.45, 7) is 1.44.